The molecule has 4 aromatic rings. The van der Waals surface area contributed by atoms with Crippen LogP contribution < -0.4 is 5.56 Å². The zero-order valence-corrected chi connectivity index (χ0v) is 16.1. The quantitative estimate of drug-likeness (QED) is 0.486. The number of hydrogen-bond acceptors (Lipinski definition) is 6. The molecule has 0 amide bonds. The van der Waals surface area contributed by atoms with Crippen LogP contribution in [-0.2, 0) is 16.6 Å². The second-order valence-corrected chi connectivity index (χ2v) is 7.36. The predicted molar refractivity (Wildman–Crippen MR) is 101 cm³/mol. The molecule has 1 atom stereocenters. The number of benzene rings is 1. The maximum Gasteiger partial charge on any atom is 0.436 e. The van der Waals surface area contributed by atoms with Crippen molar-refractivity contribution in [3.8, 4) is 17.6 Å². The van der Waals surface area contributed by atoms with Crippen LogP contribution in [0.5, 0.6) is 0 Å². The normalized spacial score (nSPS) is 19.3. The standard InChI is InChI=1S/C19H14F3N7O2/c1-18(7-4-8-31-18)29-12-6-3-2-5-11(12)27-10-24-13(15(27)17(29)30)14-16(19(20,21)22)28(9-23)26-25-14/h2-3,5-6,10H,4,7-8H2,1H3. The molecule has 4 heterocycles. The summed E-state index contributed by atoms with van der Waals surface area (Å²) >= 11 is 0. The lowest BCUT2D eigenvalue weighted by Gasteiger charge is -2.28. The topological polar surface area (TPSA) is 103 Å². The molecule has 1 aromatic carbocycles. The highest BCUT2D eigenvalue weighted by atomic mass is 19.4. The molecule has 0 bridgehead atoms. The summed E-state index contributed by atoms with van der Waals surface area (Å²) in [5.74, 6) is 0. The number of aromatic nitrogens is 6. The molecule has 1 fully saturated rings. The fourth-order valence-electron chi connectivity index (χ4n) is 4.16. The molecule has 0 N–H and O–H groups in total. The summed E-state index contributed by atoms with van der Waals surface area (Å²) in [6.45, 7) is 2.23. The van der Waals surface area contributed by atoms with E-state index >= 15 is 0 Å². The maximum atomic E-state index is 13.7. The molecular weight excluding hydrogens is 415 g/mol. The fraction of sp³-hybridized carbons (Fsp3) is 0.316. The first-order valence-corrected chi connectivity index (χ1v) is 9.35. The van der Waals surface area contributed by atoms with Gasteiger partial charge < -0.3 is 4.74 Å². The highest BCUT2D eigenvalue weighted by molar-refractivity contribution is 5.85. The minimum atomic E-state index is -4.93. The molecule has 0 saturated carbocycles. The van der Waals surface area contributed by atoms with Crippen LogP contribution >= 0.6 is 0 Å². The van der Waals surface area contributed by atoms with E-state index in [1.54, 1.807) is 31.2 Å². The van der Waals surface area contributed by atoms with Gasteiger partial charge in [-0.1, -0.05) is 17.3 Å². The Morgan fingerprint density at radius 2 is 1.97 bits per heavy atom. The van der Waals surface area contributed by atoms with Gasteiger partial charge in [-0.3, -0.25) is 13.8 Å². The van der Waals surface area contributed by atoms with Crippen LogP contribution in [0.25, 0.3) is 27.9 Å². The molecule has 1 aliphatic heterocycles. The van der Waals surface area contributed by atoms with E-state index in [4.69, 9.17) is 10.00 Å². The summed E-state index contributed by atoms with van der Waals surface area (Å²) < 4.78 is 49.8. The highest BCUT2D eigenvalue weighted by Crippen LogP contribution is 2.37. The summed E-state index contributed by atoms with van der Waals surface area (Å²) in [6, 6.07) is 7.00. The Balaban J connectivity index is 1.92. The lowest BCUT2D eigenvalue weighted by molar-refractivity contribution is -0.142. The number of ether oxygens (including phenoxy) is 1. The van der Waals surface area contributed by atoms with E-state index in [1.807, 2.05) is 0 Å². The zero-order chi connectivity index (χ0) is 22.0. The van der Waals surface area contributed by atoms with Gasteiger partial charge in [0, 0.05) is 6.61 Å². The maximum absolute atomic E-state index is 13.7. The van der Waals surface area contributed by atoms with Crippen LogP contribution in [0.3, 0.4) is 0 Å². The van der Waals surface area contributed by atoms with Crippen molar-refractivity contribution < 1.29 is 17.9 Å². The first kappa shape index (κ1) is 19.3. The Labute approximate surface area is 171 Å². The van der Waals surface area contributed by atoms with E-state index in [2.05, 4.69) is 15.3 Å². The summed E-state index contributed by atoms with van der Waals surface area (Å²) in [5, 5.41) is 15.8. The summed E-state index contributed by atoms with van der Waals surface area (Å²) in [5.41, 5.74) is -2.90. The van der Waals surface area contributed by atoms with Crippen molar-refractivity contribution in [1.29, 1.82) is 5.26 Å². The summed E-state index contributed by atoms with van der Waals surface area (Å²) in [4.78, 5) is 17.7. The predicted octanol–water partition coefficient (Wildman–Crippen LogP) is 2.74. The Kier molecular flexibility index (Phi) is 3.97. The van der Waals surface area contributed by atoms with E-state index in [1.165, 1.54) is 21.5 Å². The molecule has 1 aliphatic rings. The first-order valence-electron chi connectivity index (χ1n) is 9.35. The minimum Gasteiger partial charge on any atom is -0.355 e. The molecule has 3 aromatic heterocycles. The van der Waals surface area contributed by atoms with Crippen molar-refractivity contribution in [3.05, 3.63) is 46.6 Å². The van der Waals surface area contributed by atoms with Crippen LogP contribution in [0.2, 0.25) is 0 Å². The summed E-state index contributed by atoms with van der Waals surface area (Å²) in [7, 11) is 0. The summed E-state index contributed by atoms with van der Waals surface area (Å²) in [6.07, 6.45) is -1.04. The Bertz CT molecular complexity index is 1440. The Morgan fingerprint density at radius 3 is 2.61 bits per heavy atom. The number of para-hydroxylation sites is 2. The number of rotatable bonds is 2. The van der Waals surface area contributed by atoms with Crippen LogP contribution in [0, 0.1) is 11.5 Å². The fourth-order valence-corrected chi connectivity index (χ4v) is 4.16. The molecule has 1 saturated heterocycles. The van der Waals surface area contributed by atoms with Crippen LogP contribution in [-0.4, -0.2) is 35.6 Å². The van der Waals surface area contributed by atoms with Gasteiger partial charge in [-0.25, -0.2) is 4.98 Å². The molecule has 0 spiro atoms. The lowest BCUT2D eigenvalue weighted by Crippen LogP contribution is -2.39. The van der Waals surface area contributed by atoms with Gasteiger partial charge in [0.2, 0.25) is 6.19 Å². The molecule has 12 heteroatoms. The van der Waals surface area contributed by atoms with Gasteiger partial charge >= 0.3 is 6.18 Å². The van der Waals surface area contributed by atoms with Crippen molar-refractivity contribution in [2.45, 2.75) is 31.7 Å². The van der Waals surface area contributed by atoms with Crippen molar-refractivity contribution in [2.75, 3.05) is 6.61 Å². The number of imidazole rings is 1. The largest absolute Gasteiger partial charge is 0.436 e. The third-order valence-electron chi connectivity index (χ3n) is 5.48. The molecule has 0 aliphatic carbocycles. The molecular formula is C19H14F3N7O2. The van der Waals surface area contributed by atoms with Crippen molar-refractivity contribution in [2.24, 2.45) is 0 Å². The van der Waals surface area contributed by atoms with Gasteiger partial charge in [0.1, 0.15) is 29.0 Å². The molecule has 158 valence electrons. The lowest BCUT2D eigenvalue weighted by atomic mass is 10.1. The molecule has 9 nitrogen and oxygen atoms in total. The average Bonchev–Trinajstić information content (AvgIpc) is 3.45. The minimum absolute atomic E-state index is 0.0709. The Hall–Kier alpha value is -3.72. The smallest absolute Gasteiger partial charge is 0.355 e. The van der Waals surface area contributed by atoms with Crippen LogP contribution in [0.4, 0.5) is 13.2 Å². The second-order valence-electron chi connectivity index (χ2n) is 7.36. The van der Waals surface area contributed by atoms with Crippen LogP contribution in [0.15, 0.2) is 35.4 Å². The number of nitrogens with zero attached hydrogens (tertiary/aromatic N) is 7. The van der Waals surface area contributed by atoms with E-state index in [0.717, 1.165) is 6.42 Å². The molecule has 0 radical (unpaired) electrons. The molecule has 1 unspecified atom stereocenters. The van der Waals surface area contributed by atoms with Crippen LogP contribution in [0.1, 0.15) is 25.5 Å². The van der Waals surface area contributed by atoms with E-state index in [9.17, 15) is 18.0 Å². The van der Waals surface area contributed by atoms with Gasteiger partial charge in [0.15, 0.2) is 5.69 Å². The first-order chi connectivity index (χ1) is 14.8. The second kappa shape index (κ2) is 6.39. The van der Waals surface area contributed by atoms with E-state index in [-0.39, 0.29) is 15.9 Å². The third kappa shape index (κ3) is 2.66. The van der Waals surface area contributed by atoms with Gasteiger partial charge in [0.25, 0.3) is 5.56 Å². The Morgan fingerprint density at radius 1 is 1.23 bits per heavy atom. The SMILES string of the molecule is CC1(n2c(=O)c3c(-c4nnn(C#N)c4C(F)(F)F)ncn3c3ccccc32)CCCO1. The third-order valence-corrected chi connectivity index (χ3v) is 5.48. The van der Waals surface area contributed by atoms with Crippen molar-refractivity contribution >= 4 is 16.6 Å². The van der Waals surface area contributed by atoms with Crippen molar-refractivity contribution in [3.63, 3.8) is 0 Å². The van der Waals surface area contributed by atoms with Gasteiger partial charge in [-0.2, -0.15) is 18.4 Å². The van der Waals surface area contributed by atoms with Crippen molar-refractivity contribution in [1.82, 2.24) is 28.9 Å². The molecule has 5 rings (SSSR count). The number of alkyl halides is 3. The van der Waals surface area contributed by atoms with Gasteiger partial charge in [0.05, 0.1) is 11.0 Å². The number of halogens is 3. The van der Waals surface area contributed by atoms with E-state index in [0.29, 0.717) is 24.1 Å². The van der Waals surface area contributed by atoms with Gasteiger partial charge in [-0.15, -0.1) is 9.78 Å². The number of fused-ring (bicyclic) bond motifs is 3. The van der Waals surface area contributed by atoms with E-state index < -0.39 is 28.8 Å². The average molecular weight is 429 g/mol. The zero-order valence-electron chi connectivity index (χ0n) is 16.1. The highest BCUT2D eigenvalue weighted by Gasteiger charge is 2.42. The van der Waals surface area contributed by atoms with Gasteiger partial charge in [-0.05, 0) is 31.9 Å². The number of hydrogen-bond donors (Lipinski definition) is 0. The molecule has 31 heavy (non-hydrogen) atoms. The number of nitriles is 1. The monoisotopic (exact) mass is 429 g/mol.